The van der Waals surface area contributed by atoms with Crippen molar-refractivity contribution < 1.29 is 27.1 Å². The van der Waals surface area contributed by atoms with Crippen molar-refractivity contribution in [1.29, 1.82) is 0 Å². The van der Waals surface area contributed by atoms with Crippen LogP contribution >= 0.6 is 22.9 Å². The minimum Gasteiger partial charge on any atom is -0.483 e. The minimum absolute atomic E-state index is 0.00298. The molecule has 0 radical (unpaired) electrons. The number of likely N-dealkylation sites (tertiary alicyclic amines) is 1. The molecule has 1 atom stereocenters. The second kappa shape index (κ2) is 13.1. The van der Waals surface area contributed by atoms with Gasteiger partial charge in [0.05, 0.1) is 22.3 Å². The zero-order chi connectivity index (χ0) is 27.0. The number of thiazole rings is 1. The van der Waals surface area contributed by atoms with Gasteiger partial charge in [-0.3, -0.25) is 14.4 Å². The van der Waals surface area contributed by atoms with Gasteiger partial charge in [-0.2, -0.15) is 0 Å². The molecule has 0 unspecified atom stereocenters. The molecule has 3 N–H and O–H groups in total. The summed E-state index contributed by atoms with van der Waals surface area (Å²) in [5.74, 6) is -1.27. The largest absolute Gasteiger partial charge is 0.483 e. The van der Waals surface area contributed by atoms with E-state index in [1.807, 2.05) is 6.07 Å². The summed E-state index contributed by atoms with van der Waals surface area (Å²) in [6.45, 7) is 4.30. The van der Waals surface area contributed by atoms with Crippen LogP contribution in [0.15, 0.2) is 46.1 Å². The van der Waals surface area contributed by atoms with Gasteiger partial charge >= 0.3 is 0 Å². The molecule has 0 spiro atoms. The van der Waals surface area contributed by atoms with E-state index in [0.717, 1.165) is 37.3 Å². The maximum atomic E-state index is 14.8. The quantitative estimate of drug-likeness (QED) is 0.295. The van der Waals surface area contributed by atoms with Gasteiger partial charge in [-0.05, 0) is 62.7 Å². The SMILES string of the molecule is C[C@H](Nc1cc(F)c(S(=O)(=O)Nc2cscn2)cc1Cl)c1cc(CN2CCCCC2)ccc1F.O=CO. The van der Waals surface area contributed by atoms with Gasteiger partial charge in [0, 0.05) is 17.5 Å². The summed E-state index contributed by atoms with van der Waals surface area (Å²) in [6.07, 6.45) is 3.58. The van der Waals surface area contributed by atoms with Gasteiger partial charge in [0.2, 0.25) is 0 Å². The molecule has 37 heavy (non-hydrogen) atoms. The molecule has 0 amide bonds. The molecule has 0 saturated carbocycles. The molecule has 200 valence electrons. The number of halogens is 3. The molecular formula is C24H27ClF2N4O4S2. The normalized spacial score (nSPS) is 14.8. The summed E-state index contributed by atoms with van der Waals surface area (Å²) in [6, 6.07) is 6.53. The maximum Gasteiger partial charge on any atom is 0.290 e. The van der Waals surface area contributed by atoms with Gasteiger partial charge in [0.1, 0.15) is 16.5 Å². The third kappa shape index (κ3) is 7.84. The van der Waals surface area contributed by atoms with E-state index in [0.29, 0.717) is 5.56 Å². The van der Waals surface area contributed by atoms with E-state index in [4.69, 9.17) is 21.5 Å². The second-order valence-electron chi connectivity index (χ2n) is 8.41. The molecule has 1 aromatic heterocycles. The fourth-order valence-corrected chi connectivity index (χ4v) is 5.94. The number of benzene rings is 2. The van der Waals surface area contributed by atoms with Crippen LogP contribution in [0.3, 0.4) is 0 Å². The van der Waals surface area contributed by atoms with Gasteiger partial charge < -0.3 is 10.4 Å². The molecule has 8 nitrogen and oxygen atoms in total. The first-order chi connectivity index (χ1) is 17.6. The molecule has 1 aliphatic heterocycles. The Bertz CT molecular complexity index is 1300. The highest BCUT2D eigenvalue weighted by atomic mass is 35.5. The van der Waals surface area contributed by atoms with E-state index in [1.165, 1.54) is 47.6 Å². The Morgan fingerprint density at radius 2 is 1.89 bits per heavy atom. The van der Waals surface area contributed by atoms with Gasteiger partial charge in [-0.15, -0.1) is 11.3 Å². The summed E-state index contributed by atoms with van der Waals surface area (Å²) in [7, 11) is -4.22. The predicted molar refractivity (Wildman–Crippen MR) is 141 cm³/mol. The molecule has 1 fully saturated rings. The van der Waals surface area contributed by atoms with Crippen LogP contribution in [0.5, 0.6) is 0 Å². The standard InChI is InChI=1S/C23H25ClF2N4O2S2.CH2O2/c1-15(17-9-16(5-6-19(17)25)12-30-7-3-2-4-8-30)28-21-11-20(26)22(10-18(21)24)34(31,32)29-23-13-33-14-27-23;2-1-3/h5-6,9-11,13-15,28-29H,2-4,7-8,12H2,1H3;1H,(H,2,3)/t15-;/m0./s1. The number of anilines is 2. The Morgan fingerprint density at radius 1 is 1.19 bits per heavy atom. The molecule has 0 bridgehead atoms. The van der Waals surface area contributed by atoms with Gasteiger partial charge in [-0.25, -0.2) is 22.2 Å². The Balaban J connectivity index is 0.00000121. The van der Waals surface area contributed by atoms with Gasteiger partial charge in [-0.1, -0.05) is 24.1 Å². The van der Waals surface area contributed by atoms with Crippen LogP contribution in [0.25, 0.3) is 0 Å². The fourth-order valence-electron chi connectivity index (χ4n) is 4.01. The van der Waals surface area contributed by atoms with Crippen molar-refractivity contribution in [2.75, 3.05) is 23.1 Å². The van der Waals surface area contributed by atoms with Crippen molar-refractivity contribution in [2.45, 2.75) is 43.7 Å². The molecule has 4 rings (SSSR count). The lowest BCUT2D eigenvalue weighted by molar-refractivity contribution is -0.122. The van der Waals surface area contributed by atoms with Crippen molar-refractivity contribution in [3.63, 3.8) is 0 Å². The fraction of sp³-hybridized carbons (Fsp3) is 0.333. The van der Waals surface area contributed by atoms with Crippen LogP contribution in [-0.4, -0.2) is 43.0 Å². The molecule has 13 heteroatoms. The first-order valence-electron chi connectivity index (χ1n) is 11.4. The van der Waals surface area contributed by atoms with Crippen molar-refractivity contribution in [2.24, 2.45) is 0 Å². The third-order valence-electron chi connectivity index (χ3n) is 5.74. The Labute approximate surface area is 223 Å². The van der Waals surface area contributed by atoms with Crippen molar-refractivity contribution in [3.8, 4) is 0 Å². The first-order valence-corrected chi connectivity index (χ1v) is 14.2. The lowest BCUT2D eigenvalue weighted by atomic mass is 10.0. The molecule has 2 aromatic carbocycles. The third-order valence-corrected chi connectivity index (χ3v) is 8.01. The van der Waals surface area contributed by atoms with Gasteiger partial charge in [0.15, 0.2) is 5.82 Å². The number of rotatable bonds is 8. The zero-order valence-corrected chi connectivity index (χ0v) is 22.3. The zero-order valence-electron chi connectivity index (χ0n) is 20.0. The van der Waals surface area contributed by atoms with Crippen molar-refractivity contribution in [3.05, 3.63) is 69.0 Å². The predicted octanol–water partition coefficient (Wildman–Crippen LogP) is 5.74. The number of sulfonamides is 1. The molecule has 0 aliphatic carbocycles. The van der Waals surface area contributed by atoms with E-state index in [9.17, 15) is 17.2 Å². The number of carbonyl (C=O) groups is 1. The monoisotopic (exact) mass is 572 g/mol. The highest BCUT2D eigenvalue weighted by molar-refractivity contribution is 7.92. The molecular weight excluding hydrogens is 546 g/mol. The lowest BCUT2D eigenvalue weighted by Crippen LogP contribution is -2.29. The second-order valence-corrected chi connectivity index (χ2v) is 11.2. The molecule has 1 aliphatic rings. The van der Waals surface area contributed by atoms with E-state index >= 15 is 0 Å². The van der Waals surface area contributed by atoms with E-state index in [-0.39, 0.29) is 28.8 Å². The molecule has 2 heterocycles. The Morgan fingerprint density at radius 3 is 2.54 bits per heavy atom. The van der Waals surface area contributed by atoms with Crippen LogP contribution in [-0.2, 0) is 21.4 Å². The first kappa shape index (κ1) is 28.8. The maximum absolute atomic E-state index is 14.8. The minimum atomic E-state index is -4.22. The summed E-state index contributed by atoms with van der Waals surface area (Å²) in [5, 5.41) is 11.4. The summed E-state index contributed by atoms with van der Waals surface area (Å²) in [5.41, 5.74) is 3.04. The van der Waals surface area contributed by atoms with E-state index in [1.54, 1.807) is 13.0 Å². The summed E-state index contributed by atoms with van der Waals surface area (Å²) < 4.78 is 56.7. The number of piperidine rings is 1. The number of nitrogens with one attached hydrogen (secondary N) is 2. The number of hydrogen-bond donors (Lipinski definition) is 3. The highest BCUT2D eigenvalue weighted by Crippen LogP contribution is 2.32. The molecule has 3 aromatic rings. The number of hydrogen-bond acceptors (Lipinski definition) is 7. The summed E-state index contributed by atoms with van der Waals surface area (Å²) in [4.78, 5) is 14.0. The van der Waals surface area contributed by atoms with E-state index in [2.05, 4.69) is 19.9 Å². The summed E-state index contributed by atoms with van der Waals surface area (Å²) >= 11 is 7.49. The average molecular weight is 573 g/mol. The Hall–Kier alpha value is -2.80. The highest BCUT2D eigenvalue weighted by Gasteiger charge is 2.23. The topological polar surface area (TPSA) is 112 Å². The number of aromatic nitrogens is 1. The van der Waals surface area contributed by atoms with Crippen LogP contribution in [0.4, 0.5) is 20.3 Å². The number of nitrogens with zero attached hydrogens (tertiary/aromatic N) is 2. The Kier molecular flexibility index (Phi) is 10.2. The van der Waals surface area contributed by atoms with Crippen LogP contribution in [0.2, 0.25) is 5.02 Å². The van der Waals surface area contributed by atoms with Crippen molar-refractivity contribution in [1.82, 2.24) is 9.88 Å². The number of carboxylic acid groups (broad SMARTS) is 1. The molecule has 1 saturated heterocycles. The van der Waals surface area contributed by atoms with E-state index < -0.39 is 26.8 Å². The van der Waals surface area contributed by atoms with Crippen LogP contribution in [0, 0.1) is 11.6 Å². The van der Waals surface area contributed by atoms with Gasteiger partial charge in [0.25, 0.3) is 16.5 Å². The average Bonchev–Trinajstić information content (AvgIpc) is 3.35. The smallest absolute Gasteiger partial charge is 0.290 e. The van der Waals surface area contributed by atoms with Crippen molar-refractivity contribution >= 4 is 50.9 Å². The lowest BCUT2D eigenvalue weighted by Gasteiger charge is -2.27. The van der Waals surface area contributed by atoms with Crippen LogP contribution < -0.4 is 10.0 Å². The van der Waals surface area contributed by atoms with Crippen LogP contribution in [0.1, 0.15) is 43.4 Å².